The van der Waals surface area contributed by atoms with Crippen LogP contribution in [0, 0.1) is 0 Å². The molecule has 3 rings (SSSR count). The molecule has 2 aromatic carbocycles. The average Bonchev–Trinajstić information content (AvgIpc) is 3.04. The van der Waals surface area contributed by atoms with Crippen molar-refractivity contribution in [2.24, 2.45) is 0 Å². The number of urea groups is 1. The summed E-state index contributed by atoms with van der Waals surface area (Å²) in [5.74, 6) is 0.521. The first-order valence-corrected chi connectivity index (χ1v) is 10.0. The van der Waals surface area contributed by atoms with E-state index in [0.717, 1.165) is 16.3 Å². The maximum atomic E-state index is 12.8. The van der Waals surface area contributed by atoms with Crippen molar-refractivity contribution in [3.63, 3.8) is 0 Å². The molecule has 2 amide bonds. The molecule has 1 atom stereocenters. The summed E-state index contributed by atoms with van der Waals surface area (Å²) in [6.07, 6.45) is 1.41. The number of nitrogens with two attached hydrogens (primary N) is 1. The highest BCUT2D eigenvalue weighted by Crippen LogP contribution is 2.32. The number of carbonyl (C=O) groups is 1. The fourth-order valence-corrected chi connectivity index (χ4v) is 4.00. The molecule has 8 heteroatoms. The van der Waals surface area contributed by atoms with Gasteiger partial charge in [-0.2, -0.15) is 4.90 Å². The van der Waals surface area contributed by atoms with Crippen LogP contribution in [0.25, 0.3) is 0 Å². The van der Waals surface area contributed by atoms with Gasteiger partial charge in [-0.3, -0.25) is 10.7 Å². The highest BCUT2D eigenvalue weighted by Gasteiger charge is 2.41. The number of nitrogens with one attached hydrogen (secondary N) is 1. The summed E-state index contributed by atoms with van der Waals surface area (Å²) in [6.45, 7) is 0. The van der Waals surface area contributed by atoms with Crippen LogP contribution >= 0.6 is 0 Å². The van der Waals surface area contributed by atoms with Gasteiger partial charge in [-0.25, -0.2) is 17.5 Å². The Labute approximate surface area is 159 Å². The van der Waals surface area contributed by atoms with Gasteiger partial charge in [0.25, 0.3) is 5.84 Å². The smallest absolute Gasteiger partial charge is 0.291 e. The predicted molar refractivity (Wildman–Crippen MR) is 104 cm³/mol. The normalized spacial score (nSPS) is 17.4. The van der Waals surface area contributed by atoms with Crippen LogP contribution < -0.4 is 10.7 Å². The second-order valence-corrected chi connectivity index (χ2v) is 8.72. The number of anilines is 1. The Kier molecular flexibility index (Phi) is 5.29. The van der Waals surface area contributed by atoms with Gasteiger partial charge < -0.3 is 0 Å². The Morgan fingerprint density at radius 3 is 2.33 bits per heavy atom. The van der Waals surface area contributed by atoms with Gasteiger partial charge in [-0.15, -0.1) is 0 Å². The van der Waals surface area contributed by atoms with Crippen LogP contribution in [0.15, 0.2) is 59.5 Å². The molecule has 3 N–H and O–H groups in total. The third kappa shape index (κ3) is 3.86. The summed E-state index contributed by atoms with van der Waals surface area (Å²) < 4.78 is 25.4. The lowest BCUT2D eigenvalue weighted by atomic mass is 10.1. The first kappa shape index (κ1) is 19.1. The van der Waals surface area contributed by atoms with Crippen LogP contribution in [0.3, 0.4) is 0 Å². The quantitative estimate of drug-likeness (QED) is 0.831. The summed E-state index contributed by atoms with van der Waals surface area (Å²) >= 11 is 0. The SMILES string of the molecule is CN(C)S(=O)(=O)c1ccc(NC(=O)N2C(=[NH2+])CC[C@H]2c2ccccc2)cc1. The monoisotopic (exact) mass is 387 g/mol. The molecule has 1 heterocycles. The second-order valence-electron chi connectivity index (χ2n) is 6.57. The van der Waals surface area contributed by atoms with E-state index in [1.54, 1.807) is 17.0 Å². The molecule has 142 valence electrons. The minimum atomic E-state index is -3.51. The minimum absolute atomic E-state index is 0.111. The van der Waals surface area contributed by atoms with E-state index in [-0.39, 0.29) is 17.0 Å². The summed E-state index contributed by atoms with van der Waals surface area (Å²) in [5, 5.41) is 8.87. The fraction of sp³-hybridized carbons (Fsp3) is 0.263. The summed E-state index contributed by atoms with van der Waals surface area (Å²) in [4.78, 5) is 14.5. The Morgan fingerprint density at radius 2 is 1.74 bits per heavy atom. The number of nitrogens with zero attached hydrogens (tertiary/aromatic N) is 2. The number of sulfonamides is 1. The van der Waals surface area contributed by atoms with Crippen molar-refractivity contribution in [1.82, 2.24) is 9.21 Å². The van der Waals surface area contributed by atoms with E-state index in [4.69, 9.17) is 5.41 Å². The lowest BCUT2D eigenvalue weighted by Gasteiger charge is -2.18. The van der Waals surface area contributed by atoms with Crippen molar-refractivity contribution < 1.29 is 18.6 Å². The van der Waals surface area contributed by atoms with E-state index in [9.17, 15) is 13.2 Å². The van der Waals surface area contributed by atoms with Gasteiger partial charge in [0.15, 0.2) is 0 Å². The van der Waals surface area contributed by atoms with Gasteiger partial charge in [0.05, 0.1) is 11.3 Å². The fourth-order valence-electron chi connectivity index (χ4n) is 3.10. The molecule has 0 aromatic heterocycles. The standard InChI is InChI=1S/C19H22N4O3S/c1-22(2)27(25,26)16-10-8-15(9-11-16)21-19(24)23-17(12-13-18(23)20)14-6-4-3-5-7-14/h3-11,17,20H,12-13H2,1-2H3,(H,21,24)/p+1/t17-/m0/s1. The molecule has 7 nitrogen and oxygen atoms in total. The number of likely N-dealkylation sites (tertiary alicyclic amines) is 1. The van der Waals surface area contributed by atoms with Gasteiger partial charge >= 0.3 is 6.03 Å². The molecule has 0 bridgehead atoms. The van der Waals surface area contributed by atoms with Gasteiger partial charge in [-0.05, 0) is 29.8 Å². The van der Waals surface area contributed by atoms with E-state index < -0.39 is 10.0 Å². The molecule has 0 saturated carbocycles. The van der Waals surface area contributed by atoms with Gasteiger partial charge in [0.1, 0.15) is 6.04 Å². The number of benzene rings is 2. The van der Waals surface area contributed by atoms with Crippen molar-refractivity contribution in [3.05, 3.63) is 60.2 Å². The summed E-state index contributed by atoms with van der Waals surface area (Å²) in [7, 11) is -0.559. The van der Waals surface area contributed by atoms with Gasteiger partial charge in [0, 0.05) is 26.2 Å². The van der Waals surface area contributed by atoms with Crippen LogP contribution in [0.4, 0.5) is 10.5 Å². The van der Waals surface area contributed by atoms with Crippen molar-refractivity contribution in [2.45, 2.75) is 23.8 Å². The molecule has 1 aliphatic heterocycles. The molecule has 0 spiro atoms. The predicted octanol–water partition coefficient (Wildman–Crippen LogP) is 1.46. The third-order valence-electron chi connectivity index (χ3n) is 4.58. The number of hydrogen-bond donors (Lipinski definition) is 2. The van der Waals surface area contributed by atoms with Crippen LogP contribution in [0.1, 0.15) is 24.4 Å². The Balaban J connectivity index is 1.77. The molecule has 0 unspecified atom stereocenters. The van der Waals surface area contributed by atoms with Crippen LogP contribution in [-0.2, 0) is 10.0 Å². The Hall–Kier alpha value is -2.71. The van der Waals surface area contributed by atoms with Crippen LogP contribution in [0.2, 0.25) is 0 Å². The Morgan fingerprint density at radius 1 is 1.11 bits per heavy atom. The van der Waals surface area contributed by atoms with Crippen molar-refractivity contribution in [1.29, 1.82) is 0 Å². The number of hydrogen-bond acceptors (Lipinski definition) is 3. The molecule has 2 aromatic rings. The number of amidine groups is 1. The Bertz CT molecular complexity index is 941. The van der Waals surface area contributed by atoms with E-state index in [1.807, 2.05) is 30.3 Å². The highest BCUT2D eigenvalue weighted by atomic mass is 32.2. The number of carbonyl (C=O) groups excluding carboxylic acids is 1. The van der Waals surface area contributed by atoms with Crippen molar-refractivity contribution >= 4 is 27.6 Å². The van der Waals surface area contributed by atoms with Crippen molar-refractivity contribution in [3.8, 4) is 0 Å². The highest BCUT2D eigenvalue weighted by molar-refractivity contribution is 7.89. The van der Waals surface area contributed by atoms with E-state index >= 15 is 0 Å². The second kappa shape index (κ2) is 7.50. The van der Waals surface area contributed by atoms with E-state index in [1.165, 1.54) is 26.2 Å². The number of amides is 2. The molecule has 1 saturated heterocycles. The lowest BCUT2D eigenvalue weighted by Crippen LogP contribution is -2.51. The van der Waals surface area contributed by atoms with Crippen LogP contribution in [0.5, 0.6) is 0 Å². The molecule has 1 aliphatic rings. The molecule has 0 aliphatic carbocycles. The molecular weight excluding hydrogens is 364 g/mol. The lowest BCUT2D eigenvalue weighted by molar-refractivity contribution is -0.125. The van der Waals surface area contributed by atoms with Crippen molar-refractivity contribution in [2.75, 3.05) is 19.4 Å². The molecule has 0 radical (unpaired) electrons. The molecular formula is C19H23N4O3S+. The zero-order valence-electron chi connectivity index (χ0n) is 15.3. The maximum Gasteiger partial charge on any atom is 0.413 e. The molecule has 27 heavy (non-hydrogen) atoms. The first-order chi connectivity index (χ1) is 12.8. The average molecular weight is 387 g/mol. The summed E-state index contributed by atoms with van der Waals surface area (Å²) in [5.41, 5.74) is 1.53. The minimum Gasteiger partial charge on any atom is -0.291 e. The van der Waals surface area contributed by atoms with Gasteiger partial charge in [0.2, 0.25) is 10.0 Å². The zero-order valence-corrected chi connectivity index (χ0v) is 16.1. The summed E-state index contributed by atoms with van der Waals surface area (Å²) in [6, 6.07) is 15.4. The van der Waals surface area contributed by atoms with Crippen LogP contribution in [-0.4, -0.2) is 43.6 Å². The topological polar surface area (TPSA) is 95.3 Å². The molecule has 1 fully saturated rings. The largest absolute Gasteiger partial charge is 0.413 e. The van der Waals surface area contributed by atoms with E-state index in [2.05, 4.69) is 5.32 Å². The van der Waals surface area contributed by atoms with E-state index in [0.29, 0.717) is 17.9 Å². The zero-order chi connectivity index (χ0) is 19.6. The number of rotatable bonds is 4. The maximum absolute atomic E-state index is 12.8. The first-order valence-electron chi connectivity index (χ1n) is 8.60. The third-order valence-corrected chi connectivity index (χ3v) is 6.41. The van der Waals surface area contributed by atoms with Gasteiger partial charge in [-0.1, -0.05) is 30.3 Å².